The lowest BCUT2D eigenvalue weighted by atomic mass is 10.1. The highest BCUT2D eigenvalue weighted by Crippen LogP contribution is 2.39. The Kier molecular flexibility index (Phi) is 8.51. The summed E-state index contributed by atoms with van der Waals surface area (Å²) in [6, 6.07) is 3.96. The maximum atomic E-state index is 13.2. The number of carbonyl (C=O) groups is 2. The van der Waals surface area contributed by atoms with Crippen LogP contribution in [0.25, 0.3) is 0 Å². The Balaban J connectivity index is 2.62. The second-order valence-corrected chi connectivity index (χ2v) is 9.86. The van der Waals surface area contributed by atoms with Gasteiger partial charge in [0.15, 0.2) is 11.6 Å². The number of Topliss-reactive ketones (excluding diaryl/α,β-unsaturated/α-hetero) is 2. The fourth-order valence-electron chi connectivity index (χ4n) is 3.01. The maximum Gasteiger partial charge on any atom is 0.213 e. The van der Waals surface area contributed by atoms with Gasteiger partial charge in [0.25, 0.3) is 0 Å². The number of carbonyl (C=O) groups excluding carboxylic acids is 2. The van der Waals surface area contributed by atoms with Crippen LogP contribution in [0, 0.1) is 0 Å². The summed E-state index contributed by atoms with van der Waals surface area (Å²) in [5, 5.41) is 20.4. The van der Waals surface area contributed by atoms with Crippen molar-refractivity contribution in [3.8, 4) is 11.5 Å². The summed E-state index contributed by atoms with van der Waals surface area (Å²) in [5.74, 6) is -2.08. The molecule has 168 valence electrons. The molecule has 0 saturated heterocycles. The van der Waals surface area contributed by atoms with E-state index in [2.05, 4.69) is 0 Å². The third kappa shape index (κ3) is 5.59. The minimum Gasteiger partial charge on any atom is -0.507 e. The quantitative estimate of drug-likeness (QED) is 0.399. The first-order valence-electron chi connectivity index (χ1n) is 9.91. The molecule has 0 fully saturated rings. The molecule has 0 aliphatic rings. The van der Waals surface area contributed by atoms with Crippen LogP contribution in [0.15, 0.2) is 34.1 Å². The van der Waals surface area contributed by atoms with E-state index in [1.165, 1.54) is 0 Å². The summed E-state index contributed by atoms with van der Waals surface area (Å²) < 4.78 is 26.5. The molecule has 2 aromatic rings. The third-order valence-corrected chi connectivity index (χ3v) is 7.23. The van der Waals surface area contributed by atoms with Crippen LogP contribution in [0.5, 0.6) is 11.5 Å². The van der Waals surface area contributed by atoms with Gasteiger partial charge < -0.3 is 10.2 Å². The van der Waals surface area contributed by atoms with Gasteiger partial charge in [-0.1, -0.05) is 49.9 Å². The standard InChI is InChI=1S/C22H24Cl2O6S/c1-3-5-7-17(25)13-9-21(19(27)11-15(13)23)31(29,30)22-10-14(16(24)12-20(22)28)18(26)8-6-4-2/h9-12,27-28H,3-8H2,1-2H3. The molecule has 2 aromatic carbocycles. The first-order chi connectivity index (χ1) is 14.5. The van der Waals surface area contributed by atoms with Gasteiger partial charge in [-0.3, -0.25) is 9.59 Å². The molecule has 0 aliphatic heterocycles. The topological polar surface area (TPSA) is 109 Å². The zero-order valence-corrected chi connectivity index (χ0v) is 19.6. The van der Waals surface area contributed by atoms with Crippen LogP contribution in [0.4, 0.5) is 0 Å². The smallest absolute Gasteiger partial charge is 0.213 e. The molecule has 0 radical (unpaired) electrons. The number of unbranched alkanes of at least 4 members (excludes halogenated alkanes) is 2. The van der Waals surface area contributed by atoms with Gasteiger partial charge in [-0.15, -0.1) is 0 Å². The highest BCUT2D eigenvalue weighted by Gasteiger charge is 2.29. The van der Waals surface area contributed by atoms with Crippen LogP contribution in [-0.2, 0) is 9.84 Å². The number of rotatable bonds is 10. The van der Waals surface area contributed by atoms with E-state index in [1.54, 1.807) is 0 Å². The summed E-state index contributed by atoms with van der Waals surface area (Å²) >= 11 is 12.1. The molecule has 31 heavy (non-hydrogen) atoms. The van der Waals surface area contributed by atoms with Crippen LogP contribution in [0.1, 0.15) is 73.1 Å². The van der Waals surface area contributed by atoms with Crippen LogP contribution < -0.4 is 0 Å². The molecule has 2 rings (SSSR count). The third-order valence-electron chi connectivity index (χ3n) is 4.79. The molecule has 0 aliphatic carbocycles. The van der Waals surface area contributed by atoms with E-state index in [-0.39, 0.29) is 45.6 Å². The lowest BCUT2D eigenvalue weighted by Crippen LogP contribution is -2.09. The second-order valence-electron chi connectivity index (χ2n) is 7.16. The summed E-state index contributed by atoms with van der Waals surface area (Å²) in [6.07, 6.45) is 3.06. The van der Waals surface area contributed by atoms with Gasteiger partial charge in [-0.25, -0.2) is 8.42 Å². The largest absolute Gasteiger partial charge is 0.507 e. The van der Waals surface area contributed by atoms with E-state index in [0.29, 0.717) is 12.8 Å². The van der Waals surface area contributed by atoms with Crippen molar-refractivity contribution < 1.29 is 28.2 Å². The highest BCUT2D eigenvalue weighted by molar-refractivity contribution is 7.91. The van der Waals surface area contributed by atoms with Crippen LogP contribution in [-0.4, -0.2) is 30.2 Å². The average Bonchev–Trinajstić information content (AvgIpc) is 2.69. The summed E-state index contributed by atoms with van der Waals surface area (Å²) in [5.41, 5.74) is -0.0848. The molecular formula is C22H24Cl2O6S. The zero-order valence-electron chi connectivity index (χ0n) is 17.2. The Hall–Kier alpha value is -2.09. The van der Waals surface area contributed by atoms with Gasteiger partial charge in [-0.05, 0) is 25.0 Å². The second kappa shape index (κ2) is 10.5. The number of phenolic OH excluding ortho intramolecular Hbond substituents is 2. The predicted octanol–water partition coefficient (Wildman–Crippen LogP) is 5.98. The molecule has 0 saturated carbocycles. The molecule has 9 heteroatoms. The number of benzene rings is 2. The molecule has 0 atom stereocenters. The summed E-state index contributed by atoms with van der Waals surface area (Å²) in [4.78, 5) is 23.7. The molecule has 2 N–H and O–H groups in total. The van der Waals surface area contributed by atoms with E-state index < -0.39 is 31.1 Å². The minimum atomic E-state index is -4.51. The predicted molar refractivity (Wildman–Crippen MR) is 119 cm³/mol. The van der Waals surface area contributed by atoms with Crippen molar-refractivity contribution >= 4 is 44.6 Å². The van der Waals surface area contributed by atoms with E-state index in [9.17, 15) is 28.2 Å². The number of phenols is 2. The van der Waals surface area contributed by atoms with Crippen LogP contribution >= 0.6 is 23.2 Å². The molecule has 0 heterocycles. The Bertz CT molecular complexity index is 1030. The van der Waals surface area contributed by atoms with Crippen molar-refractivity contribution in [2.45, 2.75) is 62.2 Å². The lowest BCUT2D eigenvalue weighted by molar-refractivity contribution is 0.0971. The molecular weight excluding hydrogens is 463 g/mol. The van der Waals surface area contributed by atoms with Gasteiger partial charge in [0.2, 0.25) is 9.84 Å². The number of sulfone groups is 1. The van der Waals surface area contributed by atoms with Crippen molar-refractivity contribution in [3.63, 3.8) is 0 Å². The van der Waals surface area contributed by atoms with E-state index in [0.717, 1.165) is 37.1 Å². The van der Waals surface area contributed by atoms with Crippen molar-refractivity contribution in [2.24, 2.45) is 0 Å². The summed E-state index contributed by atoms with van der Waals surface area (Å²) in [6.45, 7) is 3.81. The van der Waals surface area contributed by atoms with Gasteiger partial charge in [0.1, 0.15) is 21.3 Å². The van der Waals surface area contributed by atoms with Crippen LogP contribution in [0.3, 0.4) is 0 Å². The Morgan fingerprint density at radius 1 is 0.774 bits per heavy atom. The molecule has 6 nitrogen and oxygen atoms in total. The number of aromatic hydroxyl groups is 2. The van der Waals surface area contributed by atoms with E-state index in [1.807, 2.05) is 13.8 Å². The van der Waals surface area contributed by atoms with Gasteiger partial charge >= 0.3 is 0 Å². The first-order valence-corrected chi connectivity index (χ1v) is 12.1. The lowest BCUT2D eigenvalue weighted by Gasteiger charge is -2.13. The number of ketones is 2. The molecule has 0 bridgehead atoms. The molecule has 0 amide bonds. The van der Waals surface area contributed by atoms with Gasteiger partial charge in [0.05, 0.1) is 10.0 Å². The molecule has 0 aromatic heterocycles. The molecule has 0 spiro atoms. The Morgan fingerprint density at radius 3 is 1.45 bits per heavy atom. The SMILES string of the molecule is CCCCC(=O)c1cc(S(=O)(=O)c2cc(C(=O)CCCC)c(Cl)cc2O)c(O)cc1Cl. The Labute approximate surface area is 191 Å². The monoisotopic (exact) mass is 486 g/mol. The first kappa shape index (κ1) is 25.2. The molecule has 0 unspecified atom stereocenters. The van der Waals surface area contributed by atoms with Crippen LogP contribution in [0.2, 0.25) is 10.0 Å². The van der Waals surface area contributed by atoms with Crippen molar-refractivity contribution in [1.82, 2.24) is 0 Å². The average molecular weight is 487 g/mol. The number of hydrogen-bond acceptors (Lipinski definition) is 6. The van der Waals surface area contributed by atoms with Gasteiger partial charge in [0, 0.05) is 36.1 Å². The minimum absolute atomic E-state index is 0.0424. The fraction of sp³-hybridized carbons (Fsp3) is 0.364. The van der Waals surface area contributed by atoms with Crippen molar-refractivity contribution in [2.75, 3.05) is 0 Å². The maximum absolute atomic E-state index is 13.2. The van der Waals surface area contributed by atoms with Crippen molar-refractivity contribution in [1.29, 1.82) is 0 Å². The number of hydrogen-bond donors (Lipinski definition) is 2. The van der Waals surface area contributed by atoms with E-state index >= 15 is 0 Å². The van der Waals surface area contributed by atoms with Crippen molar-refractivity contribution in [3.05, 3.63) is 45.4 Å². The van der Waals surface area contributed by atoms with Gasteiger partial charge in [-0.2, -0.15) is 0 Å². The highest BCUT2D eigenvalue weighted by atomic mass is 35.5. The normalized spacial score (nSPS) is 11.5. The number of halogens is 2. The van der Waals surface area contributed by atoms with E-state index in [4.69, 9.17) is 23.2 Å². The Morgan fingerprint density at radius 2 is 1.13 bits per heavy atom. The zero-order chi connectivity index (χ0) is 23.3. The fourth-order valence-corrected chi connectivity index (χ4v) is 4.98. The summed E-state index contributed by atoms with van der Waals surface area (Å²) in [7, 11) is -4.51.